The largest absolute Gasteiger partial charge is 0.462 e. The average molecular weight is 513 g/mol. The monoisotopic (exact) mass is 511 g/mol. The first kappa shape index (κ1) is 20.1. The van der Waals surface area contributed by atoms with Gasteiger partial charge in [0, 0.05) is 9.65 Å². The van der Waals surface area contributed by atoms with Crippen LogP contribution in [0.5, 0.6) is 0 Å². The smallest absolute Gasteiger partial charge is 0.338 e. The molecule has 6 unspecified atom stereocenters. The molecule has 7 heteroatoms. The van der Waals surface area contributed by atoms with Gasteiger partial charge in [-0.05, 0) is 48.9 Å². The minimum Gasteiger partial charge on any atom is -0.462 e. The highest BCUT2D eigenvalue weighted by Gasteiger charge is 2.66. The third-order valence-corrected chi connectivity index (χ3v) is 9.54. The van der Waals surface area contributed by atoms with Crippen LogP contribution in [0.4, 0.5) is 5.69 Å². The summed E-state index contributed by atoms with van der Waals surface area (Å²) in [6.07, 6.45) is 3.86. The Kier molecular flexibility index (Phi) is 5.67. The van der Waals surface area contributed by atoms with Crippen molar-refractivity contribution in [3.8, 4) is 0 Å². The molecule has 28 heavy (non-hydrogen) atoms. The van der Waals surface area contributed by atoms with Crippen molar-refractivity contribution < 1.29 is 19.1 Å². The van der Waals surface area contributed by atoms with E-state index in [1.807, 2.05) is 0 Å². The number of carbonyl (C=O) groups excluding carboxylic acids is 3. The Bertz CT molecular complexity index is 764. The first-order valence-electron chi connectivity index (χ1n) is 9.88. The van der Waals surface area contributed by atoms with Crippen LogP contribution in [0.2, 0.25) is 0 Å². The van der Waals surface area contributed by atoms with Gasteiger partial charge in [-0.25, -0.2) is 4.79 Å². The molecule has 0 aromatic heterocycles. The number of carbonyl (C=O) groups is 3. The van der Waals surface area contributed by atoms with Gasteiger partial charge in [0.15, 0.2) is 0 Å². The lowest BCUT2D eigenvalue weighted by molar-refractivity contribution is -0.123. The molecule has 0 spiro atoms. The Balaban J connectivity index is 1.47. The number of amides is 2. The molecule has 2 aliphatic carbocycles. The number of anilines is 1. The van der Waals surface area contributed by atoms with Crippen LogP contribution in [0.15, 0.2) is 24.3 Å². The second-order valence-corrected chi connectivity index (χ2v) is 10.0. The van der Waals surface area contributed by atoms with Gasteiger partial charge in [-0.1, -0.05) is 51.6 Å². The minimum absolute atomic E-state index is 0.110. The van der Waals surface area contributed by atoms with Crippen molar-refractivity contribution in [2.75, 3.05) is 11.5 Å². The van der Waals surface area contributed by atoms with Crippen LogP contribution >= 0.6 is 31.9 Å². The van der Waals surface area contributed by atoms with E-state index >= 15 is 0 Å². The highest BCUT2D eigenvalue weighted by molar-refractivity contribution is 9.12. The summed E-state index contributed by atoms with van der Waals surface area (Å²) in [5.41, 5.74) is 0.962. The third kappa shape index (κ3) is 3.15. The molecule has 0 N–H and O–H groups in total. The third-order valence-electron chi connectivity index (χ3n) is 6.33. The lowest BCUT2D eigenvalue weighted by atomic mass is 9.81. The van der Waals surface area contributed by atoms with Gasteiger partial charge in [0.1, 0.15) is 0 Å². The van der Waals surface area contributed by atoms with Crippen molar-refractivity contribution in [3.05, 3.63) is 29.8 Å². The van der Waals surface area contributed by atoms with Crippen molar-refractivity contribution in [2.45, 2.75) is 42.3 Å². The number of nitrogens with zero attached hydrogens (tertiary/aromatic N) is 1. The predicted molar refractivity (Wildman–Crippen MR) is 113 cm³/mol. The normalized spacial score (nSPS) is 33.5. The first-order chi connectivity index (χ1) is 13.5. The molecule has 3 fully saturated rings. The fraction of sp³-hybridized carbons (Fsp3) is 0.571. The molecule has 5 nitrogen and oxygen atoms in total. The maximum absolute atomic E-state index is 13.0. The van der Waals surface area contributed by atoms with E-state index < -0.39 is 0 Å². The van der Waals surface area contributed by atoms with Gasteiger partial charge in [-0.2, -0.15) is 0 Å². The summed E-state index contributed by atoms with van der Waals surface area (Å²) < 4.78 is 5.26. The molecule has 1 aromatic carbocycles. The standard InChI is InChI=1S/C21H23Br2NO4/c1-2-3-4-9-28-21(27)11-5-7-12(8-6-11)24-19(25)15-13-10-14(16(15)20(24)26)18(23)17(13)22/h5-8,13-18H,2-4,9-10H2,1H3. The molecular weight excluding hydrogens is 490 g/mol. The summed E-state index contributed by atoms with van der Waals surface area (Å²) in [4.78, 5) is 40.0. The van der Waals surface area contributed by atoms with Gasteiger partial charge in [0.25, 0.3) is 0 Å². The summed E-state index contributed by atoms with van der Waals surface area (Å²) in [5, 5.41) is 0. The SMILES string of the molecule is CCCCCOC(=O)c1ccc(N2C(=O)C3C4CC(C(Br)C4Br)C3C2=O)cc1. The van der Waals surface area contributed by atoms with E-state index in [0.29, 0.717) is 17.9 Å². The summed E-state index contributed by atoms with van der Waals surface area (Å²) >= 11 is 7.39. The Hall–Kier alpha value is -1.21. The van der Waals surface area contributed by atoms with E-state index in [2.05, 4.69) is 38.8 Å². The fourth-order valence-corrected chi connectivity index (χ4v) is 6.82. The van der Waals surface area contributed by atoms with Gasteiger partial charge >= 0.3 is 5.97 Å². The number of unbranched alkanes of at least 4 members (excludes halogenated alkanes) is 2. The molecule has 6 atom stereocenters. The maximum Gasteiger partial charge on any atom is 0.338 e. The molecular formula is C21H23Br2NO4. The molecule has 2 saturated carbocycles. The average Bonchev–Trinajstić information content (AvgIpc) is 3.30. The van der Waals surface area contributed by atoms with Crippen molar-refractivity contribution in [1.29, 1.82) is 0 Å². The van der Waals surface area contributed by atoms with Crippen LogP contribution in [0.3, 0.4) is 0 Å². The number of halogens is 2. The van der Waals surface area contributed by atoms with Crippen molar-refractivity contribution in [2.24, 2.45) is 23.7 Å². The second kappa shape index (κ2) is 7.90. The van der Waals surface area contributed by atoms with Crippen molar-refractivity contribution in [1.82, 2.24) is 0 Å². The fourth-order valence-electron chi connectivity index (χ4n) is 4.95. The Labute approximate surface area is 181 Å². The molecule has 2 bridgehead atoms. The predicted octanol–water partition coefficient (Wildman–Crippen LogP) is 4.32. The summed E-state index contributed by atoms with van der Waals surface area (Å²) in [5.74, 6) is -0.683. The zero-order chi connectivity index (χ0) is 20.0. The van der Waals surface area contributed by atoms with Gasteiger partial charge in [-0.15, -0.1) is 0 Å². The molecule has 1 aliphatic heterocycles. The molecule has 0 radical (unpaired) electrons. The molecule has 1 heterocycles. The number of esters is 1. The minimum atomic E-state index is -0.374. The zero-order valence-electron chi connectivity index (χ0n) is 15.6. The number of benzene rings is 1. The number of fused-ring (bicyclic) bond motifs is 5. The van der Waals surface area contributed by atoms with Crippen molar-refractivity contribution >= 4 is 55.3 Å². The zero-order valence-corrected chi connectivity index (χ0v) is 18.8. The molecule has 1 aromatic rings. The van der Waals surface area contributed by atoms with Crippen LogP contribution in [0, 0.1) is 23.7 Å². The highest BCUT2D eigenvalue weighted by atomic mass is 79.9. The van der Waals surface area contributed by atoms with Crippen LogP contribution < -0.4 is 4.90 Å². The number of rotatable bonds is 6. The van der Waals surface area contributed by atoms with E-state index in [1.54, 1.807) is 24.3 Å². The summed E-state index contributed by atoms with van der Waals surface area (Å²) in [7, 11) is 0. The number of hydrogen-bond donors (Lipinski definition) is 0. The van der Waals surface area contributed by atoms with Crippen LogP contribution in [-0.4, -0.2) is 34.0 Å². The number of hydrogen-bond acceptors (Lipinski definition) is 4. The lowest BCUT2D eigenvalue weighted by Gasteiger charge is -2.28. The second-order valence-electron chi connectivity index (χ2n) is 7.91. The molecule has 1 saturated heterocycles. The quantitative estimate of drug-likeness (QED) is 0.246. The van der Waals surface area contributed by atoms with E-state index in [0.717, 1.165) is 25.7 Å². The van der Waals surface area contributed by atoms with Gasteiger partial charge < -0.3 is 4.74 Å². The molecule has 3 aliphatic rings. The van der Waals surface area contributed by atoms with E-state index in [-0.39, 0.29) is 51.1 Å². The van der Waals surface area contributed by atoms with E-state index in [9.17, 15) is 14.4 Å². The van der Waals surface area contributed by atoms with E-state index in [1.165, 1.54) is 4.90 Å². The van der Waals surface area contributed by atoms with Crippen LogP contribution in [0.25, 0.3) is 0 Å². The Morgan fingerprint density at radius 2 is 1.61 bits per heavy atom. The Morgan fingerprint density at radius 1 is 1.04 bits per heavy atom. The maximum atomic E-state index is 13.0. The van der Waals surface area contributed by atoms with Gasteiger partial charge in [0.2, 0.25) is 11.8 Å². The van der Waals surface area contributed by atoms with Crippen molar-refractivity contribution in [3.63, 3.8) is 0 Å². The first-order valence-corrected chi connectivity index (χ1v) is 11.7. The molecule has 150 valence electrons. The number of alkyl halides is 2. The van der Waals surface area contributed by atoms with E-state index in [4.69, 9.17) is 4.74 Å². The molecule has 4 rings (SSSR count). The summed E-state index contributed by atoms with van der Waals surface area (Å²) in [6.45, 7) is 2.50. The highest BCUT2D eigenvalue weighted by Crippen LogP contribution is 2.60. The van der Waals surface area contributed by atoms with Gasteiger partial charge in [0.05, 0.1) is 29.7 Å². The van der Waals surface area contributed by atoms with Crippen LogP contribution in [-0.2, 0) is 14.3 Å². The topological polar surface area (TPSA) is 63.7 Å². The number of ether oxygens (including phenoxy) is 1. The van der Waals surface area contributed by atoms with Crippen LogP contribution in [0.1, 0.15) is 43.0 Å². The Morgan fingerprint density at radius 3 is 2.14 bits per heavy atom. The van der Waals surface area contributed by atoms with Gasteiger partial charge in [-0.3, -0.25) is 14.5 Å². The number of imide groups is 1. The molecule has 2 amide bonds. The summed E-state index contributed by atoms with van der Waals surface area (Å²) in [6, 6.07) is 6.58. The lowest BCUT2D eigenvalue weighted by Crippen LogP contribution is -2.37.